The van der Waals surface area contributed by atoms with Gasteiger partial charge < -0.3 is 0 Å². The van der Waals surface area contributed by atoms with Crippen LogP contribution in [0.1, 0.15) is 31.2 Å². The Morgan fingerprint density at radius 2 is 2.00 bits per heavy atom. The van der Waals surface area contributed by atoms with Gasteiger partial charge in [0.05, 0.1) is 0 Å². The first-order valence-electron chi connectivity index (χ1n) is 5.74. The quantitative estimate of drug-likeness (QED) is 0.585. The summed E-state index contributed by atoms with van der Waals surface area (Å²) < 4.78 is 0. The maximum absolute atomic E-state index is 3.63. The van der Waals surface area contributed by atoms with E-state index in [4.69, 9.17) is 0 Å². The SMILES string of the molecule is C1=C2CCC(C1)C2.C=Cc1ccccc1. The van der Waals surface area contributed by atoms with Gasteiger partial charge in [-0.1, -0.05) is 54.6 Å². The van der Waals surface area contributed by atoms with E-state index in [1.54, 1.807) is 5.57 Å². The molecule has 0 heteroatoms. The Labute approximate surface area is 92.3 Å². The van der Waals surface area contributed by atoms with Crippen molar-refractivity contribution in [3.63, 3.8) is 0 Å². The monoisotopic (exact) mass is 198 g/mol. The number of rotatable bonds is 1. The first-order valence-corrected chi connectivity index (χ1v) is 5.74. The van der Waals surface area contributed by atoms with Crippen molar-refractivity contribution < 1.29 is 0 Å². The fourth-order valence-electron chi connectivity index (χ4n) is 2.27. The summed E-state index contributed by atoms with van der Waals surface area (Å²) in [6, 6.07) is 10.0. The van der Waals surface area contributed by atoms with Crippen LogP contribution in [0.5, 0.6) is 0 Å². The molecule has 0 heterocycles. The summed E-state index contributed by atoms with van der Waals surface area (Å²) in [5.41, 5.74) is 2.91. The standard InChI is InChI=1S/C8H8.C7H10/c1-2-8-6-4-3-5-7-8;1-2-7-4-3-6(1)5-7/h2-7H,1H2;1,7H,2-5H2. The average Bonchev–Trinajstić information content (AvgIpc) is 2.95. The largest absolute Gasteiger partial charge is 0.0985 e. The molecule has 0 radical (unpaired) electrons. The Morgan fingerprint density at radius 1 is 1.20 bits per heavy atom. The van der Waals surface area contributed by atoms with Gasteiger partial charge in [0.2, 0.25) is 0 Å². The van der Waals surface area contributed by atoms with Crippen molar-refractivity contribution in [1.82, 2.24) is 0 Å². The summed E-state index contributed by atoms with van der Waals surface area (Å²) >= 11 is 0. The second-order valence-corrected chi connectivity index (χ2v) is 4.32. The predicted molar refractivity (Wildman–Crippen MR) is 66.6 cm³/mol. The van der Waals surface area contributed by atoms with Crippen LogP contribution in [0, 0.1) is 5.92 Å². The topological polar surface area (TPSA) is 0 Å². The number of allylic oxidation sites excluding steroid dienone is 2. The molecule has 1 aromatic carbocycles. The highest BCUT2D eigenvalue weighted by molar-refractivity contribution is 5.45. The number of benzene rings is 1. The van der Waals surface area contributed by atoms with E-state index in [1.165, 1.54) is 31.2 Å². The van der Waals surface area contributed by atoms with Crippen LogP contribution < -0.4 is 0 Å². The highest BCUT2D eigenvalue weighted by Crippen LogP contribution is 2.38. The molecule has 1 saturated carbocycles. The molecule has 0 spiro atoms. The third kappa shape index (κ3) is 2.82. The van der Waals surface area contributed by atoms with E-state index in [1.807, 2.05) is 36.4 Å². The number of fused-ring (bicyclic) bond motifs is 2. The van der Waals surface area contributed by atoms with E-state index < -0.39 is 0 Å². The summed E-state index contributed by atoms with van der Waals surface area (Å²) in [7, 11) is 0. The second kappa shape index (κ2) is 4.97. The Hall–Kier alpha value is -1.30. The Bertz CT molecular complexity index is 346. The zero-order chi connectivity index (χ0) is 10.5. The first kappa shape index (κ1) is 10.2. The van der Waals surface area contributed by atoms with E-state index >= 15 is 0 Å². The summed E-state index contributed by atoms with van der Waals surface area (Å²) in [6.07, 6.45) is 10.0. The fraction of sp³-hybridized carbons (Fsp3) is 0.333. The minimum absolute atomic E-state index is 1.08. The van der Waals surface area contributed by atoms with Crippen molar-refractivity contribution in [3.05, 3.63) is 54.1 Å². The summed E-state index contributed by atoms with van der Waals surface area (Å²) in [5.74, 6) is 1.08. The van der Waals surface area contributed by atoms with Gasteiger partial charge in [-0.05, 0) is 37.2 Å². The van der Waals surface area contributed by atoms with Crippen LogP contribution in [0.4, 0.5) is 0 Å². The van der Waals surface area contributed by atoms with Gasteiger partial charge in [0.15, 0.2) is 0 Å². The average molecular weight is 198 g/mol. The first-order chi connectivity index (χ1) is 7.38. The smallest absolute Gasteiger partial charge is 0.0263 e. The van der Waals surface area contributed by atoms with Crippen LogP contribution >= 0.6 is 0 Å². The van der Waals surface area contributed by atoms with Crippen molar-refractivity contribution >= 4 is 6.08 Å². The highest BCUT2D eigenvalue weighted by Gasteiger charge is 2.22. The van der Waals surface area contributed by atoms with Gasteiger partial charge in [-0.3, -0.25) is 0 Å². The molecule has 3 rings (SSSR count). The Balaban J connectivity index is 0.000000114. The van der Waals surface area contributed by atoms with Gasteiger partial charge in [-0.15, -0.1) is 0 Å². The minimum Gasteiger partial charge on any atom is -0.0985 e. The molecule has 0 aromatic heterocycles. The molecule has 1 atom stereocenters. The van der Waals surface area contributed by atoms with Crippen molar-refractivity contribution in [2.45, 2.75) is 25.7 Å². The molecule has 2 aliphatic rings. The Morgan fingerprint density at radius 3 is 2.27 bits per heavy atom. The number of hydrogen-bond donors (Lipinski definition) is 0. The molecule has 1 unspecified atom stereocenters. The van der Waals surface area contributed by atoms with Crippen molar-refractivity contribution in [1.29, 1.82) is 0 Å². The molecule has 2 bridgehead atoms. The maximum atomic E-state index is 3.63. The summed E-state index contributed by atoms with van der Waals surface area (Å²) in [4.78, 5) is 0. The molecule has 78 valence electrons. The van der Waals surface area contributed by atoms with Gasteiger partial charge in [0.1, 0.15) is 0 Å². The molecule has 1 fully saturated rings. The molecule has 0 saturated heterocycles. The van der Waals surface area contributed by atoms with Crippen LogP contribution in [0.2, 0.25) is 0 Å². The second-order valence-electron chi connectivity index (χ2n) is 4.32. The van der Waals surface area contributed by atoms with Crippen molar-refractivity contribution in [2.24, 2.45) is 5.92 Å². The number of hydrogen-bond acceptors (Lipinski definition) is 0. The lowest BCUT2D eigenvalue weighted by atomic mass is 10.1. The van der Waals surface area contributed by atoms with Crippen LogP contribution in [0.15, 0.2) is 48.6 Å². The lowest BCUT2D eigenvalue weighted by molar-refractivity contribution is 0.576. The van der Waals surface area contributed by atoms with E-state index in [0.717, 1.165) is 5.92 Å². The predicted octanol–water partition coefficient (Wildman–Crippen LogP) is 4.45. The zero-order valence-electron chi connectivity index (χ0n) is 9.15. The Kier molecular flexibility index (Phi) is 3.39. The van der Waals surface area contributed by atoms with Gasteiger partial charge in [-0.2, -0.15) is 0 Å². The van der Waals surface area contributed by atoms with Gasteiger partial charge >= 0.3 is 0 Å². The lowest BCUT2D eigenvalue weighted by Crippen LogP contribution is -1.85. The third-order valence-corrected chi connectivity index (χ3v) is 3.20. The van der Waals surface area contributed by atoms with Gasteiger partial charge in [-0.25, -0.2) is 0 Å². The molecule has 2 aliphatic carbocycles. The van der Waals surface area contributed by atoms with Gasteiger partial charge in [0.25, 0.3) is 0 Å². The molecule has 0 N–H and O–H groups in total. The van der Waals surface area contributed by atoms with Crippen molar-refractivity contribution in [3.8, 4) is 0 Å². The van der Waals surface area contributed by atoms with Crippen LogP contribution in [0.3, 0.4) is 0 Å². The molecule has 1 aromatic rings. The molecular formula is C15H18. The normalized spacial score (nSPS) is 21.6. The third-order valence-electron chi connectivity index (χ3n) is 3.20. The molecule has 15 heavy (non-hydrogen) atoms. The van der Waals surface area contributed by atoms with E-state index in [9.17, 15) is 0 Å². The minimum atomic E-state index is 1.08. The summed E-state index contributed by atoms with van der Waals surface area (Å²) in [6.45, 7) is 3.63. The fourth-order valence-corrected chi connectivity index (χ4v) is 2.27. The van der Waals surface area contributed by atoms with Gasteiger partial charge in [0, 0.05) is 0 Å². The molecular weight excluding hydrogens is 180 g/mol. The van der Waals surface area contributed by atoms with E-state index in [0.29, 0.717) is 0 Å². The highest BCUT2D eigenvalue weighted by atomic mass is 14.3. The molecule has 0 aliphatic heterocycles. The van der Waals surface area contributed by atoms with E-state index in [-0.39, 0.29) is 0 Å². The zero-order valence-corrected chi connectivity index (χ0v) is 9.15. The molecule has 0 amide bonds. The lowest BCUT2D eigenvalue weighted by Gasteiger charge is -1.98. The summed E-state index contributed by atoms with van der Waals surface area (Å²) in [5, 5.41) is 0. The van der Waals surface area contributed by atoms with Crippen LogP contribution in [-0.2, 0) is 0 Å². The maximum Gasteiger partial charge on any atom is -0.0263 e. The van der Waals surface area contributed by atoms with Crippen molar-refractivity contribution in [2.75, 3.05) is 0 Å². The van der Waals surface area contributed by atoms with E-state index in [2.05, 4.69) is 12.7 Å². The van der Waals surface area contributed by atoms with Crippen LogP contribution in [0.25, 0.3) is 6.08 Å². The molecule has 0 nitrogen and oxygen atoms in total. The van der Waals surface area contributed by atoms with Crippen LogP contribution in [-0.4, -0.2) is 0 Å².